The second-order valence-electron chi connectivity index (χ2n) is 6.42. The van der Waals surface area contributed by atoms with Crippen molar-refractivity contribution in [1.29, 1.82) is 0 Å². The molecule has 1 heterocycles. The Hall–Kier alpha value is -2.62. The van der Waals surface area contributed by atoms with Crippen LogP contribution in [0.15, 0.2) is 48.5 Å². The number of amides is 2. The molecule has 0 bridgehead atoms. The molecule has 0 radical (unpaired) electrons. The van der Waals surface area contributed by atoms with E-state index in [2.05, 4.69) is 5.32 Å². The summed E-state index contributed by atoms with van der Waals surface area (Å²) in [5.74, 6) is -0.0375. The summed E-state index contributed by atoms with van der Waals surface area (Å²) in [5, 5.41) is 2.78. The Morgan fingerprint density at radius 2 is 1.83 bits per heavy atom. The number of carbonyl (C=O) groups is 2. The van der Waals surface area contributed by atoms with E-state index in [4.69, 9.17) is 0 Å². The number of hydrogen-bond donors (Lipinski definition) is 1. The molecule has 2 amide bonds. The first-order valence-corrected chi connectivity index (χ1v) is 7.67. The van der Waals surface area contributed by atoms with Crippen LogP contribution in [-0.2, 0) is 21.5 Å². The predicted octanol–water partition coefficient (Wildman–Crippen LogP) is 3.47. The minimum Gasteiger partial charge on any atom is -0.326 e. The number of rotatable bonds is 3. The molecule has 1 N–H and O–H groups in total. The Bertz CT molecular complexity index is 766. The molecule has 118 valence electrons. The minimum atomic E-state index is -0.599. The van der Waals surface area contributed by atoms with E-state index < -0.39 is 5.41 Å². The summed E-state index contributed by atoms with van der Waals surface area (Å²) in [6.45, 7) is 5.88. The van der Waals surface area contributed by atoms with Gasteiger partial charge in [-0.2, -0.15) is 0 Å². The van der Waals surface area contributed by atoms with Gasteiger partial charge in [0.1, 0.15) is 0 Å². The Kier molecular flexibility index (Phi) is 3.68. The molecule has 1 aliphatic heterocycles. The molecule has 4 heteroatoms. The Morgan fingerprint density at radius 3 is 2.48 bits per heavy atom. The first kappa shape index (κ1) is 15.3. The van der Waals surface area contributed by atoms with E-state index >= 15 is 0 Å². The molecule has 0 saturated carbocycles. The second-order valence-corrected chi connectivity index (χ2v) is 6.42. The van der Waals surface area contributed by atoms with Crippen molar-refractivity contribution in [2.24, 2.45) is 0 Å². The van der Waals surface area contributed by atoms with Crippen molar-refractivity contribution in [2.75, 3.05) is 10.2 Å². The van der Waals surface area contributed by atoms with Crippen LogP contribution in [0, 0.1) is 0 Å². The number of fused-ring (bicyclic) bond motifs is 1. The van der Waals surface area contributed by atoms with Crippen molar-refractivity contribution in [3.63, 3.8) is 0 Å². The van der Waals surface area contributed by atoms with Gasteiger partial charge in [0.05, 0.1) is 12.0 Å². The topological polar surface area (TPSA) is 49.4 Å². The molecular formula is C19H20N2O2. The third kappa shape index (κ3) is 2.72. The Balaban J connectivity index is 1.99. The van der Waals surface area contributed by atoms with E-state index in [1.807, 2.05) is 67.3 Å². The average molecular weight is 308 g/mol. The molecule has 2 aromatic carbocycles. The summed E-state index contributed by atoms with van der Waals surface area (Å²) in [4.78, 5) is 25.9. The lowest BCUT2D eigenvalue weighted by Crippen LogP contribution is -2.35. The third-order valence-electron chi connectivity index (χ3n) is 4.24. The molecule has 1 aliphatic rings. The lowest BCUT2D eigenvalue weighted by atomic mass is 9.86. The smallest absolute Gasteiger partial charge is 0.237 e. The van der Waals surface area contributed by atoms with Crippen LogP contribution < -0.4 is 10.2 Å². The highest BCUT2D eigenvalue weighted by Gasteiger charge is 2.43. The summed E-state index contributed by atoms with van der Waals surface area (Å²) < 4.78 is 0. The fourth-order valence-corrected chi connectivity index (χ4v) is 3.04. The van der Waals surface area contributed by atoms with Gasteiger partial charge in [0.15, 0.2) is 0 Å². The molecule has 0 unspecified atom stereocenters. The van der Waals surface area contributed by atoms with Crippen LogP contribution in [0.3, 0.4) is 0 Å². The third-order valence-corrected chi connectivity index (χ3v) is 4.24. The van der Waals surface area contributed by atoms with Crippen molar-refractivity contribution in [1.82, 2.24) is 0 Å². The van der Waals surface area contributed by atoms with Crippen LogP contribution >= 0.6 is 0 Å². The highest BCUT2D eigenvalue weighted by molar-refractivity contribution is 6.08. The second kappa shape index (κ2) is 5.54. The summed E-state index contributed by atoms with van der Waals surface area (Å²) in [6.07, 6.45) is 0. The molecule has 0 saturated heterocycles. The van der Waals surface area contributed by atoms with E-state index in [0.717, 1.165) is 22.5 Å². The fraction of sp³-hybridized carbons (Fsp3) is 0.263. The molecule has 23 heavy (non-hydrogen) atoms. The van der Waals surface area contributed by atoms with Gasteiger partial charge in [-0.3, -0.25) is 9.59 Å². The average Bonchev–Trinajstić information content (AvgIpc) is 2.69. The van der Waals surface area contributed by atoms with Crippen molar-refractivity contribution in [3.05, 3.63) is 59.7 Å². The number of nitrogens with zero attached hydrogens (tertiary/aromatic N) is 1. The Morgan fingerprint density at radius 1 is 1.13 bits per heavy atom. The Labute approximate surface area is 136 Å². The van der Waals surface area contributed by atoms with Gasteiger partial charge in [-0.1, -0.05) is 30.3 Å². The van der Waals surface area contributed by atoms with Gasteiger partial charge in [-0.15, -0.1) is 0 Å². The van der Waals surface area contributed by atoms with Gasteiger partial charge in [0.25, 0.3) is 0 Å². The lowest BCUT2D eigenvalue weighted by Gasteiger charge is -2.20. The standard InChI is InChI=1S/C19H20N2O2/c1-13(22)20-15-9-10-17-16(11-15)19(2,3)18(23)21(17)12-14-7-5-4-6-8-14/h4-11H,12H2,1-3H3,(H,20,22). The zero-order valence-corrected chi connectivity index (χ0v) is 13.6. The number of carbonyl (C=O) groups excluding carboxylic acids is 2. The maximum Gasteiger partial charge on any atom is 0.237 e. The summed E-state index contributed by atoms with van der Waals surface area (Å²) in [6, 6.07) is 15.6. The SMILES string of the molecule is CC(=O)Nc1ccc2c(c1)C(C)(C)C(=O)N2Cc1ccccc1. The van der Waals surface area contributed by atoms with Crippen LogP contribution in [0.25, 0.3) is 0 Å². The van der Waals surface area contributed by atoms with Gasteiger partial charge in [0.2, 0.25) is 11.8 Å². The summed E-state index contributed by atoms with van der Waals surface area (Å²) >= 11 is 0. The van der Waals surface area contributed by atoms with Crippen LogP contribution in [0.4, 0.5) is 11.4 Å². The van der Waals surface area contributed by atoms with Gasteiger partial charge in [-0.05, 0) is 43.2 Å². The van der Waals surface area contributed by atoms with Crippen molar-refractivity contribution < 1.29 is 9.59 Å². The maximum atomic E-state index is 12.9. The number of hydrogen-bond acceptors (Lipinski definition) is 2. The molecule has 4 nitrogen and oxygen atoms in total. The summed E-state index contributed by atoms with van der Waals surface area (Å²) in [7, 11) is 0. The van der Waals surface area contributed by atoms with E-state index in [0.29, 0.717) is 6.54 Å². The van der Waals surface area contributed by atoms with Crippen LogP contribution in [-0.4, -0.2) is 11.8 Å². The van der Waals surface area contributed by atoms with E-state index in [1.54, 1.807) is 0 Å². The maximum absolute atomic E-state index is 12.9. The van der Waals surface area contributed by atoms with Crippen LogP contribution in [0.2, 0.25) is 0 Å². The molecule has 0 spiro atoms. The van der Waals surface area contributed by atoms with Crippen LogP contribution in [0.5, 0.6) is 0 Å². The number of nitrogens with one attached hydrogen (secondary N) is 1. The zero-order valence-electron chi connectivity index (χ0n) is 13.6. The highest BCUT2D eigenvalue weighted by atomic mass is 16.2. The van der Waals surface area contributed by atoms with Crippen LogP contribution in [0.1, 0.15) is 31.9 Å². The number of anilines is 2. The molecule has 0 aromatic heterocycles. The van der Waals surface area contributed by atoms with Crippen molar-refractivity contribution in [3.8, 4) is 0 Å². The molecular weight excluding hydrogens is 288 g/mol. The molecule has 2 aromatic rings. The molecule has 0 atom stereocenters. The van der Waals surface area contributed by atoms with Gasteiger partial charge in [0, 0.05) is 18.3 Å². The fourth-order valence-electron chi connectivity index (χ4n) is 3.04. The number of benzene rings is 2. The lowest BCUT2D eigenvalue weighted by molar-refractivity contribution is -0.122. The van der Waals surface area contributed by atoms with Gasteiger partial charge < -0.3 is 10.2 Å². The molecule has 3 rings (SSSR count). The largest absolute Gasteiger partial charge is 0.326 e. The molecule has 0 aliphatic carbocycles. The highest BCUT2D eigenvalue weighted by Crippen LogP contribution is 2.43. The normalized spacial score (nSPS) is 15.4. The monoisotopic (exact) mass is 308 g/mol. The van der Waals surface area contributed by atoms with Gasteiger partial charge in [-0.25, -0.2) is 0 Å². The zero-order chi connectivity index (χ0) is 16.6. The quantitative estimate of drug-likeness (QED) is 0.944. The first-order valence-electron chi connectivity index (χ1n) is 7.67. The molecule has 0 fully saturated rings. The predicted molar refractivity (Wildman–Crippen MR) is 91.4 cm³/mol. The van der Waals surface area contributed by atoms with Crippen molar-refractivity contribution in [2.45, 2.75) is 32.7 Å². The minimum absolute atomic E-state index is 0.0799. The van der Waals surface area contributed by atoms with E-state index in [9.17, 15) is 9.59 Å². The van der Waals surface area contributed by atoms with E-state index in [1.165, 1.54) is 6.92 Å². The van der Waals surface area contributed by atoms with Gasteiger partial charge >= 0.3 is 0 Å². The first-order chi connectivity index (χ1) is 10.9. The van der Waals surface area contributed by atoms with E-state index in [-0.39, 0.29) is 11.8 Å². The van der Waals surface area contributed by atoms with Crippen molar-refractivity contribution >= 4 is 23.2 Å². The summed E-state index contributed by atoms with van der Waals surface area (Å²) in [5.41, 5.74) is 3.08.